The average molecular weight is 394 g/mol. The molecule has 0 spiro atoms. The molecule has 2 aromatic heterocycles. The van der Waals surface area contributed by atoms with Crippen molar-refractivity contribution in [2.24, 2.45) is 0 Å². The summed E-state index contributed by atoms with van der Waals surface area (Å²) in [5, 5.41) is 4.83. The first-order valence-corrected chi connectivity index (χ1v) is 8.92. The molecule has 4 heterocycles. The number of nitrogen functional groups attached to an aromatic ring is 1. The minimum atomic E-state index is -3.75. The summed E-state index contributed by atoms with van der Waals surface area (Å²) >= 11 is 0. The Kier molecular flexibility index (Phi) is 3.60. The normalized spacial score (nSPS) is 23.9. The van der Waals surface area contributed by atoms with Crippen molar-refractivity contribution >= 4 is 22.5 Å². The zero-order valence-electron chi connectivity index (χ0n) is 14.9. The van der Waals surface area contributed by atoms with E-state index < -0.39 is 12.5 Å². The molecule has 2 aliphatic rings. The maximum atomic E-state index is 13.5. The van der Waals surface area contributed by atoms with Crippen molar-refractivity contribution in [1.82, 2.24) is 24.5 Å². The van der Waals surface area contributed by atoms with Gasteiger partial charge in [0.2, 0.25) is 5.95 Å². The molecule has 0 bridgehead atoms. The highest BCUT2D eigenvalue weighted by Crippen LogP contribution is 2.45. The van der Waals surface area contributed by atoms with Crippen LogP contribution in [0.1, 0.15) is 19.2 Å². The van der Waals surface area contributed by atoms with Crippen molar-refractivity contribution in [3.8, 4) is 11.5 Å². The van der Waals surface area contributed by atoms with Gasteiger partial charge in [0.05, 0.1) is 0 Å². The standard InChI is InChI=1S/C17H17F3N6O2/c1-8-6-9(18)7-25(8)5-4-12-22-15-10-2-3-11-14(28-17(19,20)27-11)13(10)23-16(21)26(15)24-12/h2-3,8-9H,4-7H2,1H3,(H2,21,23)/t8-,9+/m1/s1. The molecule has 5 rings (SSSR count). The number of nitrogens with zero attached hydrogens (tertiary/aromatic N) is 5. The van der Waals surface area contributed by atoms with Crippen LogP contribution in [0.5, 0.6) is 11.5 Å². The van der Waals surface area contributed by atoms with Gasteiger partial charge in [0.25, 0.3) is 0 Å². The van der Waals surface area contributed by atoms with Crippen molar-refractivity contribution in [3.63, 3.8) is 0 Å². The summed E-state index contributed by atoms with van der Waals surface area (Å²) in [6, 6.07) is 3.11. The number of benzene rings is 1. The summed E-state index contributed by atoms with van der Waals surface area (Å²) in [5.41, 5.74) is 6.48. The summed E-state index contributed by atoms with van der Waals surface area (Å²) in [6.45, 7) is 3.01. The van der Waals surface area contributed by atoms with Crippen molar-refractivity contribution in [2.75, 3.05) is 18.8 Å². The van der Waals surface area contributed by atoms with Gasteiger partial charge in [0, 0.05) is 30.9 Å². The second kappa shape index (κ2) is 5.84. The molecule has 0 amide bonds. The molecule has 8 nitrogen and oxygen atoms in total. The van der Waals surface area contributed by atoms with E-state index in [1.54, 1.807) is 6.07 Å². The number of hydrogen-bond donors (Lipinski definition) is 1. The highest BCUT2D eigenvalue weighted by Gasteiger charge is 2.45. The molecule has 1 fully saturated rings. The van der Waals surface area contributed by atoms with Crippen LogP contribution in [0.3, 0.4) is 0 Å². The SMILES string of the molecule is C[C@@H]1C[C@H](F)CN1CCc1nc2c3ccc4c(c3nc(N)n2n1)OC(F)(F)O4. The Labute approximate surface area is 157 Å². The fourth-order valence-electron chi connectivity index (χ4n) is 3.83. The van der Waals surface area contributed by atoms with E-state index in [1.807, 2.05) is 6.92 Å². The fourth-order valence-corrected chi connectivity index (χ4v) is 3.83. The van der Waals surface area contributed by atoms with Crippen LogP contribution in [0, 0.1) is 0 Å². The molecule has 3 aromatic rings. The summed E-state index contributed by atoms with van der Waals surface area (Å²) < 4.78 is 50.8. The molecule has 11 heteroatoms. The Morgan fingerprint density at radius 2 is 2.11 bits per heavy atom. The van der Waals surface area contributed by atoms with Crippen molar-refractivity contribution in [2.45, 2.75) is 38.3 Å². The van der Waals surface area contributed by atoms with Gasteiger partial charge >= 0.3 is 6.29 Å². The molecule has 0 aliphatic carbocycles. The van der Waals surface area contributed by atoms with Gasteiger partial charge in [-0.3, -0.25) is 4.90 Å². The monoisotopic (exact) mass is 394 g/mol. The van der Waals surface area contributed by atoms with Crippen LogP contribution < -0.4 is 15.2 Å². The lowest BCUT2D eigenvalue weighted by molar-refractivity contribution is -0.286. The highest BCUT2D eigenvalue weighted by molar-refractivity contribution is 5.97. The minimum absolute atomic E-state index is 0.00757. The second-order valence-electron chi connectivity index (χ2n) is 7.12. The largest absolute Gasteiger partial charge is 0.586 e. The van der Waals surface area contributed by atoms with Crippen molar-refractivity contribution < 1.29 is 22.6 Å². The maximum Gasteiger partial charge on any atom is 0.586 e. The van der Waals surface area contributed by atoms with Gasteiger partial charge in [-0.25, -0.2) is 14.4 Å². The molecule has 2 aliphatic heterocycles. The van der Waals surface area contributed by atoms with Crippen LogP contribution in [0.4, 0.5) is 19.1 Å². The van der Waals surface area contributed by atoms with E-state index in [1.165, 1.54) is 10.6 Å². The Hall–Kier alpha value is -2.82. The lowest BCUT2D eigenvalue weighted by Gasteiger charge is -2.19. The third-order valence-electron chi connectivity index (χ3n) is 5.16. The lowest BCUT2D eigenvalue weighted by Crippen LogP contribution is -2.29. The van der Waals surface area contributed by atoms with Crippen LogP contribution >= 0.6 is 0 Å². The van der Waals surface area contributed by atoms with E-state index >= 15 is 0 Å². The molecule has 0 saturated carbocycles. The van der Waals surface area contributed by atoms with Crippen LogP contribution in [-0.4, -0.2) is 56.1 Å². The third kappa shape index (κ3) is 2.68. The van der Waals surface area contributed by atoms with Gasteiger partial charge in [-0.05, 0) is 25.5 Å². The Morgan fingerprint density at radius 3 is 2.86 bits per heavy atom. The number of fused-ring (bicyclic) bond motifs is 5. The van der Waals surface area contributed by atoms with Crippen LogP contribution in [0.25, 0.3) is 16.6 Å². The summed E-state index contributed by atoms with van der Waals surface area (Å²) in [7, 11) is 0. The smallest absolute Gasteiger partial charge is 0.395 e. The molecule has 2 atom stereocenters. The Bertz CT molecular complexity index is 1090. The summed E-state index contributed by atoms with van der Waals surface area (Å²) in [5.74, 6) is 0.212. The van der Waals surface area contributed by atoms with Crippen molar-refractivity contribution in [3.05, 3.63) is 18.0 Å². The van der Waals surface area contributed by atoms with Crippen LogP contribution in [0.2, 0.25) is 0 Å². The van der Waals surface area contributed by atoms with E-state index in [0.717, 1.165) is 0 Å². The molecule has 2 N–H and O–H groups in total. The predicted molar refractivity (Wildman–Crippen MR) is 93.2 cm³/mol. The number of nitrogens with two attached hydrogens (primary N) is 1. The number of ether oxygens (including phenoxy) is 2. The molecular formula is C17H17F3N6O2. The van der Waals surface area contributed by atoms with Gasteiger partial charge in [-0.1, -0.05) is 0 Å². The molecule has 0 radical (unpaired) electrons. The lowest BCUT2D eigenvalue weighted by atomic mass is 10.2. The van der Waals surface area contributed by atoms with E-state index in [-0.39, 0.29) is 29.0 Å². The molecule has 0 unspecified atom stereocenters. The summed E-state index contributed by atoms with van der Waals surface area (Å²) in [4.78, 5) is 10.7. The predicted octanol–water partition coefficient (Wildman–Crippen LogP) is 2.16. The first-order valence-electron chi connectivity index (χ1n) is 8.92. The van der Waals surface area contributed by atoms with Gasteiger partial charge in [-0.15, -0.1) is 13.9 Å². The number of likely N-dealkylation sites (tertiary alicyclic amines) is 1. The fraction of sp³-hybridized carbons (Fsp3) is 0.471. The molecule has 1 saturated heterocycles. The van der Waals surface area contributed by atoms with Crippen molar-refractivity contribution in [1.29, 1.82) is 0 Å². The number of aromatic nitrogens is 4. The zero-order chi connectivity index (χ0) is 19.6. The number of hydrogen-bond acceptors (Lipinski definition) is 7. The molecular weight excluding hydrogens is 377 g/mol. The number of alkyl halides is 3. The minimum Gasteiger partial charge on any atom is -0.395 e. The van der Waals surface area contributed by atoms with E-state index in [4.69, 9.17) is 5.73 Å². The first-order chi connectivity index (χ1) is 13.3. The third-order valence-corrected chi connectivity index (χ3v) is 5.16. The zero-order valence-corrected chi connectivity index (χ0v) is 14.9. The number of rotatable bonds is 3. The van der Waals surface area contributed by atoms with E-state index in [2.05, 4.69) is 29.4 Å². The average Bonchev–Trinajstić information content (AvgIpc) is 3.27. The van der Waals surface area contributed by atoms with Gasteiger partial charge in [0.1, 0.15) is 11.7 Å². The second-order valence-corrected chi connectivity index (χ2v) is 7.12. The number of halogens is 3. The molecule has 28 heavy (non-hydrogen) atoms. The van der Waals surface area contributed by atoms with Gasteiger partial charge in [-0.2, -0.15) is 4.52 Å². The highest BCUT2D eigenvalue weighted by atomic mass is 19.3. The Balaban J connectivity index is 1.51. The molecule has 1 aromatic carbocycles. The molecule has 148 valence electrons. The van der Waals surface area contributed by atoms with Gasteiger partial charge < -0.3 is 15.2 Å². The summed E-state index contributed by atoms with van der Waals surface area (Å²) in [6.07, 6.45) is -3.53. The van der Waals surface area contributed by atoms with Crippen LogP contribution in [-0.2, 0) is 6.42 Å². The number of anilines is 1. The first kappa shape index (κ1) is 17.3. The Morgan fingerprint density at radius 1 is 1.29 bits per heavy atom. The van der Waals surface area contributed by atoms with Gasteiger partial charge in [0.15, 0.2) is 23.0 Å². The van der Waals surface area contributed by atoms with Crippen LogP contribution in [0.15, 0.2) is 12.1 Å². The quantitative estimate of drug-likeness (QED) is 0.728. The van der Waals surface area contributed by atoms with E-state index in [0.29, 0.717) is 42.8 Å². The maximum absolute atomic E-state index is 13.5. The topological polar surface area (TPSA) is 90.8 Å². The van der Waals surface area contributed by atoms with E-state index in [9.17, 15) is 13.2 Å².